The molecule has 0 aromatic heterocycles. The van der Waals surface area contributed by atoms with Gasteiger partial charge in [-0.2, -0.15) is 0 Å². The van der Waals surface area contributed by atoms with Gasteiger partial charge in [0.25, 0.3) is 0 Å². The summed E-state index contributed by atoms with van der Waals surface area (Å²) >= 11 is 5.53. The molecular weight excluding hydrogens is 697 g/mol. The molecule has 0 unspecified atom stereocenters. The lowest BCUT2D eigenvalue weighted by Gasteiger charge is -2.30. The standard InChI is InChI=1S/C18H31FNO2S.C11H24FNO2S.C7H7Cl.ClH/c1-18(2,19)12-15-23(21,22)14-9-8-13-20(3,4)16-17-10-6-5-7-11-17;1-11(2,12)7-10-16(14,15)9-6-5-8-13(3)4;8-6-7-4-2-1-3-5-7;/h5-7,10-11H,8-9,12-16H2,1-4H3;5-10H2,1-4H3;1-5H,6H2;1H/q+1;;;/p-1. The van der Waals surface area contributed by atoms with Crippen LogP contribution in [0.2, 0.25) is 0 Å². The molecule has 0 saturated carbocycles. The number of hydrogen-bond donors (Lipinski definition) is 0. The van der Waals surface area contributed by atoms with Gasteiger partial charge in [-0.25, -0.2) is 25.6 Å². The molecule has 48 heavy (non-hydrogen) atoms. The maximum absolute atomic E-state index is 13.4. The van der Waals surface area contributed by atoms with Crippen molar-refractivity contribution in [3.05, 3.63) is 71.8 Å². The number of rotatable bonds is 19. The largest absolute Gasteiger partial charge is 1.00 e. The van der Waals surface area contributed by atoms with Crippen molar-refractivity contribution in [3.63, 3.8) is 0 Å². The van der Waals surface area contributed by atoms with Crippen molar-refractivity contribution < 1.29 is 42.5 Å². The minimum absolute atomic E-state index is 0. The Balaban J connectivity index is 0. The highest BCUT2D eigenvalue weighted by atomic mass is 35.5. The summed E-state index contributed by atoms with van der Waals surface area (Å²) in [7, 11) is 2.03. The number of alkyl halides is 3. The van der Waals surface area contributed by atoms with Crippen molar-refractivity contribution in [3.8, 4) is 0 Å². The molecule has 0 amide bonds. The molecule has 0 fully saturated rings. The van der Waals surface area contributed by atoms with E-state index in [0.717, 1.165) is 37.0 Å². The predicted octanol–water partition coefficient (Wildman–Crippen LogP) is 4.91. The highest BCUT2D eigenvalue weighted by Crippen LogP contribution is 2.17. The summed E-state index contributed by atoms with van der Waals surface area (Å²) in [6.07, 6.45) is 3.19. The molecule has 0 spiro atoms. The van der Waals surface area contributed by atoms with Crippen molar-refractivity contribution in [1.82, 2.24) is 4.90 Å². The van der Waals surface area contributed by atoms with E-state index in [2.05, 4.69) is 26.2 Å². The second kappa shape index (κ2) is 24.0. The number of halogens is 4. The topological polar surface area (TPSA) is 71.5 Å². The third kappa shape index (κ3) is 30.7. The Morgan fingerprint density at radius 3 is 1.42 bits per heavy atom. The zero-order valence-electron chi connectivity index (χ0n) is 30.5. The van der Waals surface area contributed by atoms with Crippen LogP contribution in [0, 0.1) is 0 Å². The Morgan fingerprint density at radius 1 is 0.667 bits per heavy atom. The monoisotopic (exact) mass is 758 g/mol. The van der Waals surface area contributed by atoms with Gasteiger partial charge in [0.1, 0.15) is 37.6 Å². The van der Waals surface area contributed by atoms with E-state index in [1.807, 2.05) is 67.5 Å². The van der Waals surface area contributed by atoms with Gasteiger partial charge in [-0.05, 0) is 92.4 Å². The van der Waals surface area contributed by atoms with Gasteiger partial charge >= 0.3 is 0 Å². The van der Waals surface area contributed by atoms with Crippen LogP contribution in [0.4, 0.5) is 8.78 Å². The number of unbranched alkanes of at least 4 members (excludes halogenated alkanes) is 2. The van der Waals surface area contributed by atoms with E-state index in [1.165, 1.54) is 38.8 Å². The van der Waals surface area contributed by atoms with E-state index in [1.54, 1.807) is 0 Å². The summed E-state index contributed by atoms with van der Waals surface area (Å²) in [6.45, 7) is 8.42. The van der Waals surface area contributed by atoms with Gasteiger partial charge in [0.05, 0.1) is 43.7 Å². The minimum Gasteiger partial charge on any atom is -1.00 e. The molecule has 0 radical (unpaired) electrons. The van der Waals surface area contributed by atoms with Crippen LogP contribution in [-0.4, -0.2) is 102 Å². The fraction of sp³-hybridized carbons (Fsp3) is 0.667. The zero-order chi connectivity index (χ0) is 36.2. The van der Waals surface area contributed by atoms with Crippen molar-refractivity contribution >= 4 is 31.3 Å². The molecule has 0 aliphatic rings. The van der Waals surface area contributed by atoms with Crippen LogP contribution < -0.4 is 12.4 Å². The predicted molar refractivity (Wildman–Crippen MR) is 197 cm³/mol. The molecule has 0 saturated heterocycles. The SMILES string of the molecule is CC(C)(F)CCS(=O)(=O)CCCC[N+](C)(C)Cc1ccccc1.CN(C)CCCCS(=O)(=O)CCC(C)(C)F.ClCc1ccccc1.[Cl-]. The van der Waals surface area contributed by atoms with Crippen LogP contribution >= 0.6 is 11.6 Å². The first kappa shape index (κ1) is 48.8. The first-order valence-electron chi connectivity index (χ1n) is 16.4. The van der Waals surface area contributed by atoms with Gasteiger partial charge in [0, 0.05) is 11.4 Å². The van der Waals surface area contributed by atoms with Crippen LogP contribution in [0.3, 0.4) is 0 Å². The summed E-state index contributed by atoms with van der Waals surface area (Å²) in [4.78, 5) is 2.03. The molecule has 6 nitrogen and oxygen atoms in total. The third-order valence-electron chi connectivity index (χ3n) is 7.25. The van der Waals surface area contributed by atoms with Crippen molar-refractivity contribution in [2.24, 2.45) is 0 Å². The zero-order valence-corrected chi connectivity index (χ0v) is 33.7. The molecule has 0 bridgehead atoms. The lowest BCUT2D eigenvalue weighted by Crippen LogP contribution is -3.00. The molecule has 0 aliphatic heterocycles. The molecule has 0 N–H and O–H groups in total. The van der Waals surface area contributed by atoms with E-state index in [4.69, 9.17) is 11.6 Å². The van der Waals surface area contributed by atoms with Crippen LogP contribution in [-0.2, 0) is 32.1 Å². The molecule has 0 heterocycles. The van der Waals surface area contributed by atoms with Crippen molar-refractivity contribution in [1.29, 1.82) is 0 Å². The molecule has 12 heteroatoms. The highest BCUT2D eigenvalue weighted by Gasteiger charge is 2.22. The van der Waals surface area contributed by atoms with Crippen LogP contribution in [0.1, 0.15) is 77.3 Å². The van der Waals surface area contributed by atoms with Gasteiger partial charge in [-0.15, -0.1) is 11.6 Å². The number of quaternary nitrogens is 1. The first-order chi connectivity index (χ1) is 21.5. The Bertz CT molecular complexity index is 1300. The highest BCUT2D eigenvalue weighted by molar-refractivity contribution is 7.91. The average molecular weight is 760 g/mol. The van der Waals surface area contributed by atoms with Gasteiger partial charge in [-0.1, -0.05) is 60.7 Å². The molecule has 2 aromatic carbocycles. The number of sulfone groups is 2. The van der Waals surface area contributed by atoms with E-state index in [0.29, 0.717) is 18.7 Å². The van der Waals surface area contributed by atoms with Gasteiger partial charge in [0.15, 0.2) is 0 Å². The fourth-order valence-corrected chi connectivity index (χ4v) is 7.80. The lowest BCUT2D eigenvalue weighted by atomic mass is 10.1. The molecule has 2 aromatic rings. The van der Waals surface area contributed by atoms with Crippen LogP contribution in [0.5, 0.6) is 0 Å². The van der Waals surface area contributed by atoms with Gasteiger partial charge < -0.3 is 21.8 Å². The number of nitrogens with zero attached hydrogens (tertiary/aromatic N) is 2. The third-order valence-corrected chi connectivity index (χ3v) is 11.0. The van der Waals surface area contributed by atoms with Gasteiger partial charge in [0.2, 0.25) is 0 Å². The quantitative estimate of drug-likeness (QED) is 0.116. The Morgan fingerprint density at radius 2 is 1.06 bits per heavy atom. The smallest absolute Gasteiger partial charge is 0.150 e. The normalized spacial score (nSPS) is 12.3. The summed E-state index contributed by atoms with van der Waals surface area (Å²) in [5.74, 6) is 0.851. The summed E-state index contributed by atoms with van der Waals surface area (Å²) < 4.78 is 74.3. The fourth-order valence-electron chi connectivity index (χ4n) is 4.34. The van der Waals surface area contributed by atoms with E-state index < -0.39 is 31.0 Å². The van der Waals surface area contributed by atoms with E-state index in [-0.39, 0.29) is 48.3 Å². The molecular formula is C36H62Cl2F2N2O4S2. The van der Waals surface area contributed by atoms with E-state index in [9.17, 15) is 25.6 Å². The average Bonchev–Trinajstić information content (AvgIpc) is 2.96. The van der Waals surface area contributed by atoms with Crippen LogP contribution in [0.25, 0.3) is 0 Å². The summed E-state index contributed by atoms with van der Waals surface area (Å²) in [5, 5.41) is 0. The summed E-state index contributed by atoms with van der Waals surface area (Å²) in [5.41, 5.74) is -0.345. The lowest BCUT2D eigenvalue weighted by molar-refractivity contribution is -0.903. The second-order valence-corrected chi connectivity index (χ2v) is 19.3. The molecule has 280 valence electrons. The Hall–Kier alpha value is -1.30. The maximum Gasteiger partial charge on any atom is 0.150 e. The maximum atomic E-state index is 13.4. The van der Waals surface area contributed by atoms with Gasteiger partial charge in [-0.3, -0.25) is 0 Å². The Kier molecular flexibility index (Phi) is 24.4. The van der Waals surface area contributed by atoms with Crippen molar-refractivity contribution in [2.75, 3.05) is 64.3 Å². The number of hydrogen-bond acceptors (Lipinski definition) is 5. The van der Waals surface area contributed by atoms with Crippen molar-refractivity contribution in [2.45, 2.75) is 90.0 Å². The van der Waals surface area contributed by atoms with E-state index >= 15 is 0 Å². The Labute approximate surface area is 303 Å². The molecule has 0 atom stereocenters. The molecule has 0 aliphatic carbocycles. The van der Waals surface area contributed by atoms with Crippen LogP contribution in [0.15, 0.2) is 60.7 Å². The first-order valence-corrected chi connectivity index (χ1v) is 20.6. The number of benzene rings is 2. The summed E-state index contributed by atoms with van der Waals surface area (Å²) in [6, 6.07) is 20.3. The minimum atomic E-state index is -3.14. The molecule has 2 rings (SSSR count). The second-order valence-electron chi connectivity index (χ2n) is 14.4.